The summed E-state index contributed by atoms with van der Waals surface area (Å²) < 4.78 is 36.4. The number of nitrogens with zero attached hydrogens (tertiary/aromatic N) is 1. The first-order valence-electron chi connectivity index (χ1n) is 10.9. The Morgan fingerprint density at radius 2 is 1.88 bits per heavy atom. The van der Waals surface area contributed by atoms with Crippen LogP contribution in [-0.2, 0) is 33.8 Å². The van der Waals surface area contributed by atoms with Crippen LogP contribution in [0.2, 0.25) is 0 Å². The van der Waals surface area contributed by atoms with Crippen LogP contribution in [0.25, 0.3) is 0 Å². The SMILES string of the molecule is CCOC(=O)[C@@H]1Cc2c(ccc(OC)c2OCc2ccccc2F)CN1C(=O)OC(C)(C)C. The van der Waals surface area contributed by atoms with Gasteiger partial charge in [0.1, 0.15) is 24.1 Å². The van der Waals surface area contributed by atoms with E-state index in [2.05, 4.69) is 0 Å². The zero-order chi connectivity index (χ0) is 24.2. The van der Waals surface area contributed by atoms with Crippen molar-refractivity contribution in [1.82, 2.24) is 4.90 Å². The predicted octanol–water partition coefficient (Wildman–Crippen LogP) is 4.64. The van der Waals surface area contributed by atoms with E-state index in [-0.39, 0.29) is 32.0 Å². The van der Waals surface area contributed by atoms with Crippen molar-refractivity contribution in [3.05, 3.63) is 58.9 Å². The average molecular weight is 460 g/mol. The van der Waals surface area contributed by atoms with Gasteiger partial charge in [-0.3, -0.25) is 4.90 Å². The van der Waals surface area contributed by atoms with Gasteiger partial charge in [0.05, 0.1) is 20.3 Å². The highest BCUT2D eigenvalue weighted by Crippen LogP contribution is 2.39. The van der Waals surface area contributed by atoms with Crippen LogP contribution in [0.5, 0.6) is 11.5 Å². The first-order chi connectivity index (χ1) is 15.6. The lowest BCUT2D eigenvalue weighted by molar-refractivity contribution is -0.150. The number of benzene rings is 2. The van der Waals surface area contributed by atoms with Crippen LogP contribution in [0, 0.1) is 5.82 Å². The standard InChI is InChI=1S/C25H30FNO6/c1-6-31-23(28)20-13-18-16(14-27(20)24(29)33-25(2,3)4)11-12-21(30-5)22(18)32-15-17-9-7-8-10-19(17)26/h7-12,20H,6,13-15H2,1-5H3/t20-/m0/s1. The molecule has 2 aromatic rings. The Hall–Kier alpha value is -3.29. The maximum absolute atomic E-state index is 14.1. The number of halogens is 1. The highest BCUT2D eigenvalue weighted by Gasteiger charge is 2.39. The highest BCUT2D eigenvalue weighted by atomic mass is 19.1. The van der Waals surface area contributed by atoms with E-state index in [1.165, 1.54) is 18.1 Å². The number of hydrogen-bond acceptors (Lipinski definition) is 6. The minimum atomic E-state index is -0.893. The van der Waals surface area contributed by atoms with Gasteiger partial charge in [0.2, 0.25) is 0 Å². The van der Waals surface area contributed by atoms with Crippen LogP contribution in [-0.4, -0.2) is 42.3 Å². The molecule has 0 saturated carbocycles. The second-order valence-corrected chi connectivity index (χ2v) is 8.69. The number of amides is 1. The molecule has 0 aromatic heterocycles. The van der Waals surface area contributed by atoms with Gasteiger partial charge in [-0.1, -0.05) is 24.3 Å². The maximum Gasteiger partial charge on any atom is 0.411 e. The van der Waals surface area contributed by atoms with E-state index in [1.807, 2.05) is 6.07 Å². The summed E-state index contributed by atoms with van der Waals surface area (Å²) in [5.74, 6) is -0.0338. The molecule has 0 N–H and O–H groups in total. The molecule has 2 aromatic carbocycles. The molecule has 1 atom stereocenters. The summed E-state index contributed by atoms with van der Waals surface area (Å²) in [4.78, 5) is 27.1. The van der Waals surface area contributed by atoms with Crippen LogP contribution >= 0.6 is 0 Å². The molecule has 178 valence electrons. The third-order valence-electron chi connectivity index (χ3n) is 5.17. The largest absolute Gasteiger partial charge is 0.493 e. The number of fused-ring (bicyclic) bond motifs is 1. The van der Waals surface area contributed by atoms with Gasteiger partial charge in [-0.2, -0.15) is 0 Å². The van der Waals surface area contributed by atoms with Gasteiger partial charge < -0.3 is 18.9 Å². The van der Waals surface area contributed by atoms with E-state index in [4.69, 9.17) is 18.9 Å². The Balaban J connectivity index is 1.97. The van der Waals surface area contributed by atoms with Crippen LogP contribution < -0.4 is 9.47 Å². The molecule has 3 rings (SSSR count). The molecule has 1 heterocycles. The number of ether oxygens (including phenoxy) is 4. The molecule has 8 heteroatoms. The van der Waals surface area contributed by atoms with E-state index < -0.39 is 23.7 Å². The quantitative estimate of drug-likeness (QED) is 0.586. The van der Waals surface area contributed by atoms with Crippen LogP contribution in [0.15, 0.2) is 36.4 Å². The molecule has 7 nitrogen and oxygen atoms in total. The second kappa shape index (κ2) is 10.1. The average Bonchev–Trinajstić information content (AvgIpc) is 2.76. The molecule has 0 bridgehead atoms. The molecule has 0 spiro atoms. The van der Waals surface area contributed by atoms with Crippen molar-refractivity contribution in [3.63, 3.8) is 0 Å². The van der Waals surface area contributed by atoms with Gasteiger partial charge in [-0.05, 0) is 45.4 Å². The Labute approximate surface area is 193 Å². The number of carbonyl (C=O) groups excluding carboxylic acids is 2. The van der Waals surface area contributed by atoms with Crippen molar-refractivity contribution >= 4 is 12.1 Å². The summed E-state index contributed by atoms with van der Waals surface area (Å²) in [6.07, 6.45) is -0.451. The zero-order valence-electron chi connectivity index (χ0n) is 19.6. The summed E-state index contributed by atoms with van der Waals surface area (Å²) in [6, 6.07) is 9.01. The molecule has 33 heavy (non-hydrogen) atoms. The number of esters is 1. The van der Waals surface area contributed by atoms with Crippen molar-refractivity contribution in [2.75, 3.05) is 13.7 Å². The first-order valence-corrected chi connectivity index (χ1v) is 10.9. The number of hydrogen-bond donors (Lipinski definition) is 0. The number of methoxy groups -OCH3 is 1. The van der Waals surface area contributed by atoms with Gasteiger partial charge in [0.15, 0.2) is 11.5 Å². The van der Waals surface area contributed by atoms with Crippen LogP contribution in [0.4, 0.5) is 9.18 Å². The molecule has 0 saturated heterocycles. The Bertz CT molecular complexity index is 1020. The fourth-order valence-corrected chi connectivity index (χ4v) is 3.66. The van der Waals surface area contributed by atoms with E-state index in [1.54, 1.807) is 52.0 Å². The minimum Gasteiger partial charge on any atom is -0.493 e. The maximum atomic E-state index is 14.1. The van der Waals surface area contributed by atoms with Crippen molar-refractivity contribution in [2.45, 2.75) is 58.9 Å². The summed E-state index contributed by atoms with van der Waals surface area (Å²) >= 11 is 0. The Kier molecular flexibility index (Phi) is 7.46. The molecule has 1 aliphatic rings. The van der Waals surface area contributed by atoms with Gasteiger partial charge in [-0.25, -0.2) is 14.0 Å². The smallest absolute Gasteiger partial charge is 0.411 e. The molecule has 0 unspecified atom stereocenters. The summed E-state index contributed by atoms with van der Waals surface area (Å²) in [7, 11) is 1.51. The van der Waals surface area contributed by atoms with Crippen LogP contribution in [0.1, 0.15) is 44.4 Å². The Morgan fingerprint density at radius 3 is 2.52 bits per heavy atom. The lowest BCUT2D eigenvalue weighted by Gasteiger charge is -2.37. The molecule has 1 amide bonds. The lowest BCUT2D eigenvalue weighted by atomic mass is 9.92. The second-order valence-electron chi connectivity index (χ2n) is 8.69. The highest BCUT2D eigenvalue weighted by molar-refractivity contribution is 5.83. The molecular formula is C25H30FNO6. The van der Waals surface area contributed by atoms with E-state index >= 15 is 0 Å². The summed E-state index contributed by atoms with van der Waals surface area (Å²) in [6.45, 7) is 7.30. The van der Waals surface area contributed by atoms with Gasteiger partial charge in [0.25, 0.3) is 0 Å². The number of rotatable bonds is 6. The third kappa shape index (κ3) is 5.74. The fourth-order valence-electron chi connectivity index (χ4n) is 3.66. The fraction of sp³-hybridized carbons (Fsp3) is 0.440. The molecule has 1 aliphatic heterocycles. The predicted molar refractivity (Wildman–Crippen MR) is 120 cm³/mol. The third-order valence-corrected chi connectivity index (χ3v) is 5.17. The first kappa shape index (κ1) is 24.4. The monoisotopic (exact) mass is 459 g/mol. The van der Waals surface area contributed by atoms with E-state index in [0.717, 1.165) is 5.56 Å². The zero-order valence-corrected chi connectivity index (χ0v) is 19.6. The topological polar surface area (TPSA) is 74.3 Å². The van der Waals surface area contributed by atoms with E-state index in [9.17, 15) is 14.0 Å². The summed E-state index contributed by atoms with van der Waals surface area (Å²) in [5.41, 5.74) is 1.17. The van der Waals surface area contributed by atoms with Gasteiger partial charge in [-0.15, -0.1) is 0 Å². The van der Waals surface area contributed by atoms with Crippen molar-refractivity contribution < 1.29 is 32.9 Å². The Morgan fingerprint density at radius 1 is 1.15 bits per heavy atom. The van der Waals surface area contributed by atoms with Crippen molar-refractivity contribution in [3.8, 4) is 11.5 Å². The molecule has 0 fully saturated rings. The molecule has 0 aliphatic carbocycles. The minimum absolute atomic E-state index is 0.0145. The molecule has 0 radical (unpaired) electrons. The van der Waals surface area contributed by atoms with Gasteiger partial charge >= 0.3 is 12.1 Å². The normalized spacial score (nSPS) is 15.5. The van der Waals surface area contributed by atoms with Crippen LogP contribution in [0.3, 0.4) is 0 Å². The van der Waals surface area contributed by atoms with Gasteiger partial charge in [0, 0.05) is 17.5 Å². The lowest BCUT2D eigenvalue weighted by Crippen LogP contribution is -2.50. The summed E-state index contributed by atoms with van der Waals surface area (Å²) in [5, 5.41) is 0. The van der Waals surface area contributed by atoms with Crippen molar-refractivity contribution in [1.29, 1.82) is 0 Å². The van der Waals surface area contributed by atoms with E-state index in [0.29, 0.717) is 22.6 Å². The van der Waals surface area contributed by atoms with Crippen molar-refractivity contribution in [2.24, 2.45) is 0 Å². The number of carbonyl (C=O) groups is 2. The molecular weight excluding hydrogens is 429 g/mol.